The second-order valence-electron chi connectivity index (χ2n) is 5.53. The van der Waals surface area contributed by atoms with E-state index in [1.807, 2.05) is 30.3 Å². The fourth-order valence-electron chi connectivity index (χ4n) is 2.55. The molecule has 0 spiro atoms. The Bertz CT molecular complexity index is 1080. The van der Waals surface area contributed by atoms with Gasteiger partial charge in [-0.25, -0.2) is 9.48 Å². The van der Waals surface area contributed by atoms with Crippen LogP contribution in [0.2, 0.25) is 0 Å². The van der Waals surface area contributed by atoms with E-state index in [1.165, 1.54) is 4.68 Å². The molecule has 0 radical (unpaired) electrons. The third-order valence-corrected chi connectivity index (χ3v) is 3.81. The van der Waals surface area contributed by atoms with Crippen molar-refractivity contribution < 1.29 is 9.53 Å². The van der Waals surface area contributed by atoms with Gasteiger partial charge in [0.1, 0.15) is 0 Å². The molecule has 0 aliphatic carbocycles. The van der Waals surface area contributed by atoms with Crippen molar-refractivity contribution in [2.24, 2.45) is 0 Å². The molecule has 2 aromatic carbocycles. The largest absolute Gasteiger partial charge is 0.462 e. The lowest BCUT2D eigenvalue weighted by Gasteiger charge is -2.07. The average Bonchev–Trinajstić information content (AvgIpc) is 2.95. The minimum atomic E-state index is -0.422. The molecule has 0 saturated carbocycles. The van der Waals surface area contributed by atoms with Gasteiger partial charge in [-0.2, -0.15) is 0 Å². The lowest BCUT2D eigenvalue weighted by molar-refractivity contribution is 0.0527. The van der Waals surface area contributed by atoms with Gasteiger partial charge in [0.2, 0.25) is 0 Å². The van der Waals surface area contributed by atoms with Crippen molar-refractivity contribution in [3.8, 4) is 5.69 Å². The second-order valence-corrected chi connectivity index (χ2v) is 5.53. The van der Waals surface area contributed by atoms with E-state index in [2.05, 4.69) is 17.0 Å². The van der Waals surface area contributed by atoms with Crippen molar-refractivity contribution in [3.05, 3.63) is 81.1 Å². The molecule has 0 bridgehead atoms. The smallest absolute Gasteiger partial charge is 0.340 e. The molecule has 0 atom stereocenters. The Morgan fingerprint density at radius 3 is 2.62 bits per heavy atom. The summed E-state index contributed by atoms with van der Waals surface area (Å²) in [4.78, 5) is 24.7. The molecule has 3 rings (SSSR count). The zero-order valence-corrected chi connectivity index (χ0v) is 14.4. The van der Waals surface area contributed by atoms with E-state index in [0.29, 0.717) is 34.1 Å². The Morgan fingerprint density at radius 2 is 1.88 bits per heavy atom. The van der Waals surface area contributed by atoms with Gasteiger partial charge in [0.25, 0.3) is 5.56 Å². The summed E-state index contributed by atoms with van der Waals surface area (Å²) in [6.45, 7) is 5.93. The van der Waals surface area contributed by atoms with E-state index in [1.54, 1.807) is 37.4 Å². The number of ether oxygens (including phenoxy) is 1. The highest BCUT2D eigenvalue weighted by Crippen LogP contribution is 2.16. The Morgan fingerprint density at radius 1 is 1.19 bits per heavy atom. The van der Waals surface area contributed by atoms with Crippen LogP contribution in [-0.4, -0.2) is 22.4 Å². The van der Waals surface area contributed by atoms with Crippen LogP contribution >= 0.6 is 0 Å². The van der Waals surface area contributed by atoms with E-state index in [4.69, 9.17) is 4.74 Å². The quantitative estimate of drug-likeness (QED) is 0.686. The molecule has 0 saturated heterocycles. The molecule has 6 nitrogen and oxygen atoms in total. The van der Waals surface area contributed by atoms with Crippen LogP contribution in [0.4, 0.5) is 5.69 Å². The number of carbonyl (C=O) groups excluding carboxylic acids is 1. The molecule has 0 aliphatic rings. The SMILES string of the molecule is C=c1[nH]n(-c2ccccc2)c(=O)/c1=C\Nc1ccccc1C(=O)OCC. The summed E-state index contributed by atoms with van der Waals surface area (Å²) in [5.74, 6) is -0.422. The van der Waals surface area contributed by atoms with Crippen LogP contribution in [0.5, 0.6) is 0 Å². The predicted molar refractivity (Wildman–Crippen MR) is 102 cm³/mol. The minimum absolute atomic E-state index is 0.234. The zero-order valence-electron chi connectivity index (χ0n) is 14.4. The number of hydrogen-bond acceptors (Lipinski definition) is 4. The lowest BCUT2D eigenvalue weighted by atomic mass is 10.2. The van der Waals surface area contributed by atoms with E-state index < -0.39 is 5.97 Å². The molecular weight excluding hydrogens is 330 g/mol. The Kier molecular flexibility index (Phi) is 5.03. The molecule has 1 heterocycles. The van der Waals surface area contributed by atoms with Gasteiger partial charge in [-0.3, -0.25) is 9.89 Å². The minimum Gasteiger partial charge on any atom is -0.462 e. The standard InChI is InChI=1S/C20H19N3O3/c1-3-26-20(25)16-11-7-8-12-18(16)21-13-17-14(2)22-23(19(17)24)15-9-5-4-6-10-15/h4-13,21-22H,2-3H2,1H3/b17-13-. The first kappa shape index (κ1) is 17.3. The molecule has 132 valence electrons. The van der Waals surface area contributed by atoms with E-state index in [9.17, 15) is 9.59 Å². The topological polar surface area (TPSA) is 76.1 Å². The third-order valence-electron chi connectivity index (χ3n) is 3.81. The number of benzene rings is 2. The van der Waals surface area contributed by atoms with E-state index in [-0.39, 0.29) is 5.56 Å². The van der Waals surface area contributed by atoms with Gasteiger partial charge >= 0.3 is 5.97 Å². The van der Waals surface area contributed by atoms with Crippen LogP contribution in [0.1, 0.15) is 17.3 Å². The van der Waals surface area contributed by atoms with Crippen LogP contribution < -0.4 is 21.4 Å². The molecule has 6 heteroatoms. The maximum atomic E-state index is 12.7. The number of nitrogens with zero attached hydrogens (tertiary/aromatic N) is 1. The second kappa shape index (κ2) is 7.57. The Hall–Kier alpha value is -3.54. The highest BCUT2D eigenvalue weighted by molar-refractivity contribution is 5.96. The van der Waals surface area contributed by atoms with Crippen molar-refractivity contribution in [3.63, 3.8) is 0 Å². The maximum Gasteiger partial charge on any atom is 0.340 e. The first-order valence-corrected chi connectivity index (χ1v) is 8.20. The van der Waals surface area contributed by atoms with Crippen molar-refractivity contribution in [1.82, 2.24) is 9.78 Å². The average molecular weight is 349 g/mol. The normalized spacial score (nSPS) is 11.3. The molecule has 3 aromatic rings. The van der Waals surface area contributed by atoms with E-state index in [0.717, 1.165) is 0 Å². The number of aromatic nitrogens is 2. The van der Waals surface area contributed by atoms with Gasteiger partial charge in [-0.1, -0.05) is 36.9 Å². The maximum absolute atomic E-state index is 12.7. The van der Waals surface area contributed by atoms with Crippen molar-refractivity contribution in [2.75, 3.05) is 11.9 Å². The van der Waals surface area contributed by atoms with Gasteiger partial charge in [0.05, 0.1) is 34.1 Å². The molecule has 0 amide bonds. The van der Waals surface area contributed by atoms with Gasteiger partial charge in [0.15, 0.2) is 0 Å². The molecule has 2 N–H and O–H groups in total. The number of esters is 1. The first-order chi connectivity index (χ1) is 12.6. The van der Waals surface area contributed by atoms with Crippen molar-refractivity contribution >= 4 is 24.4 Å². The summed E-state index contributed by atoms with van der Waals surface area (Å²) in [5, 5.41) is 6.82. The number of para-hydroxylation sites is 2. The summed E-state index contributed by atoms with van der Waals surface area (Å²) in [6.07, 6.45) is 1.54. The van der Waals surface area contributed by atoms with Crippen LogP contribution in [-0.2, 0) is 4.74 Å². The molecule has 0 unspecified atom stereocenters. The van der Waals surface area contributed by atoms with Gasteiger partial charge < -0.3 is 10.1 Å². The number of H-pyrrole nitrogens is 1. The number of rotatable bonds is 5. The van der Waals surface area contributed by atoms with Crippen LogP contribution in [0.25, 0.3) is 18.5 Å². The Balaban J connectivity index is 1.99. The van der Waals surface area contributed by atoms with Crippen LogP contribution in [0.15, 0.2) is 59.4 Å². The lowest BCUT2D eigenvalue weighted by Crippen LogP contribution is -2.34. The van der Waals surface area contributed by atoms with E-state index >= 15 is 0 Å². The Labute approximate surface area is 150 Å². The molecule has 0 aliphatic heterocycles. The monoisotopic (exact) mass is 349 g/mol. The summed E-state index contributed by atoms with van der Waals surface area (Å²) in [5.41, 5.74) is 1.43. The highest BCUT2D eigenvalue weighted by Gasteiger charge is 2.11. The van der Waals surface area contributed by atoms with Gasteiger partial charge in [-0.15, -0.1) is 0 Å². The molecule has 26 heavy (non-hydrogen) atoms. The summed E-state index contributed by atoms with van der Waals surface area (Å²) in [7, 11) is 0. The number of anilines is 1. The first-order valence-electron chi connectivity index (χ1n) is 8.20. The highest BCUT2D eigenvalue weighted by atomic mass is 16.5. The summed E-state index contributed by atoms with van der Waals surface area (Å²) in [6, 6.07) is 16.2. The molecular formula is C20H19N3O3. The predicted octanol–water partition coefficient (Wildman–Crippen LogP) is 1.60. The van der Waals surface area contributed by atoms with Crippen molar-refractivity contribution in [2.45, 2.75) is 6.92 Å². The van der Waals surface area contributed by atoms with Crippen LogP contribution in [0.3, 0.4) is 0 Å². The number of aromatic amines is 1. The summed E-state index contributed by atoms with van der Waals surface area (Å²) < 4.78 is 6.48. The summed E-state index contributed by atoms with van der Waals surface area (Å²) >= 11 is 0. The fourth-order valence-corrected chi connectivity index (χ4v) is 2.55. The molecule has 1 aromatic heterocycles. The zero-order chi connectivity index (χ0) is 18.5. The van der Waals surface area contributed by atoms with Crippen LogP contribution in [0, 0.1) is 0 Å². The van der Waals surface area contributed by atoms with Gasteiger partial charge in [-0.05, 0) is 31.2 Å². The van der Waals surface area contributed by atoms with Crippen molar-refractivity contribution in [1.29, 1.82) is 0 Å². The fraction of sp³-hybridized carbons (Fsp3) is 0.100. The third kappa shape index (κ3) is 3.44. The molecule has 0 fully saturated rings. The number of nitrogens with one attached hydrogen (secondary N) is 2. The number of hydrogen-bond donors (Lipinski definition) is 2. The van der Waals surface area contributed by atoms with Gasteiger partial charge in [0, 0.05) is 6.20 Å². The number of carbonyl (C=O) groups is 1.